The van der Waals surface area contributed by atoms with Crippen molar-refractivity contribution in [1.82, 2.24) is 0 Å². The molecule has 0 aromatic rings. The van der Waals surface area contributed by atoms with Crippen LogP contribution in [-0.2, 0) is 0 Å². The summed E-state index contributed by atoms with van der Waals surface area (Å²) in [5, 5.41) is 0. The molecule has 13 heavy (non-hydrogen) atoms. The highest BCUT2D eigenvalue weighted by Crippen LogP contribution is 2.44. The normalized spacial score (nSPS) is 30.5. The van der Waals surface area contributed by atoms with Crippen LogP contribution in [0.4, 0.5) is 0 Å². The largest absolute Gasteiger partial charge is 0.0654 e. The van der Waals surface area contributed by atoms with Gasteiger partial charge in [0.15, 0.2) is 0 Å². The lowest BCUT2D eigenvalue weighted by Gasteiger charge is -2.41. The second-order valence-corrected chi connectivity index (χ2v) is 5.61. The summed E-state index contributed by atoms with van der Waals surface area (Å²) in [4.78, 5) is 0. The summed E-state index contributed by atoms with van der Waals surface area (Å²) in [7, 11) is 0. The first-order valence-electron chi connectivity index (χ1n) is 6.08. The Morgan fingerprint density at radius 3 is 2.31 bits per heavy atom. The van der Waals surface area contributed by atoms with Crippen LogP contribution in [0.3, 0.4) is 0 Å². The molecule has 1 aliphatic carbocycles. The molecule has 0 heterocycles. The van der Waals surface area contributed by atoms with Gasteiger partial charge in [-0.15, -0.1) is 0 Å². The van der Waals surface area contributed by atoms with E-state index >= 15 is 0 Å². The van der Waals surface area contributed by atoms with Gasteiger partial charge in [-0.3, -0.25) is 0 Å². The Kier molecular flexibility index (Phi) is 3.82. The van der Waals surface area contributed by atoms with Crippen molar-refractivity contribution in [3.63, 3.8) is 0 Å². The molecule has 0 aromatic carbocycles. The molecule has 0 aliphatic heterocycles. The quantitative estimate of drug-likeness (QED) is 0.596. The second kappa shape index (κ2) is 4.48. The fourth-order valence-corrected chi connectivity index (χ4v) is 3.31. The third-order valence-electron chi connectivity index (χ3n) is 4.01. The van der Waals surface area contributed by atoms with Crippen molar-refractivity contribution >= 4 is 0 Å². The molecule has 1 aliphatic rings. The minimum absolute atomic E-state index is 0.592. The van der Waals surface area contributed by atoms with Crippen molar-refractivity contribution in [1.29, 1.82) is 0 Å². The van der Waals surface area contributed by atoms with Crippen molar-refractivity contribution in [3.05, 3.63) is 0 Å². The molecule has 0 spiro atoms. The van der Waals surface area contributed by atoms with Crippen LogP contribution >= 0.6 is 0 Å². The zero-order chi connectivity index (χ0) is 9.90. The van der Waals surface area contributed by atoms with Gasteiger partial charge in [0.1, 0.15) is 0 Å². The van der Waals surface area contributed by atoms with Gasteiger partial charge in [0.2, 0.25) is 0 Å². The topological polar surface area (TPSA) is 0 Å². The summed E-state index contributed by atoms with van der Waals surface area (Å²) in [6, 6.07) is 0. The first-order valence-corrected chi connectivity index (χ1v) is 6.08. The summed E-state index contributed by atoms with van der Waals surface area (Å²) in [6.07, 6.45) is 8.65. The molecular formula is C13H26. The average molecular weight is 182 g/mol. The van der Waals surface area contributed by atoms with Crippen molar-refractivity contribution in [2.24, 2.45) is 17.3 Å². The summed E-state index contributed by atoms with van der Waals surface area (Å²) < 4.78 is 0. The first-order chi connectivity index (χ1) is 6.08. The molecule has 0 heteroatoms. The van der Waals surface area contributed by atoms with E-state index in [4.69, 9.17) is 0 Å². The minimum Gasteiger partial charge on any atom is -0.0654 e. The zero-order valence-corrected chi connectivity index (χ0v) is 9.90. The second-order valence-electron chi connectivity index (χ2n) is 5.61. The standard InChI is InChI=1S/C13H26/c1-5-10-13(3,4)12-9-7-6-8-11(12)2/h11-12H,5-10H2,1-4H3. The maximum absolute atomic E-state index is 2.48. The van der Waals surface area contributed by atoms with Gasteiger partial charge >= 0.3 is 0 Å². The number of hydrogen-bond donors (Lipinski definition) is 0. The Hall–Kier alpha value is 0. The van der Waals surface area contributed by atoms with E-state index in [1.54, 1.807) is 0 Å². The predicted molar refractivity (Wildman–Crippen MR) is 59.8 cm³/mol. The molecule has 0 radical (unpaired) electrons. The smallest absolute Gasteiger partial charge is 0.0323 e. The molecule has 0 amide bonds. The molecule has 2 unspecified atom stereocenters. The van der Waals surface area contributed by atoms with E-state index in [2.05, 4.69) is 27.7 Å². The van der Waals surface area contributed by atoms with Crippen LogP contribution in [0.5, 0.6) is 0 Å². The number of hydrogen-bond acceptors (Lipinski definition) is 0. The van der Waals surface area contributed by atoms with Gasteiger partial charge in [-0.2, -0.15) is 0 Å². The van der Waals surface area contributed by atoms with E-state index in [1.165, 1.54) is 38.5 Å². The molecule has 78 valence electrons. The highest BCUT2D eigenvalue weighted by atomic mass is 14.4. The fraction of sp³-hybridized carbons (Fsp3) is 1.00. The lowest BCUT2D eigenvalue weighted by Crippen LogP contribution is -2.31. The third kappa shape index (κ3) is 2.72. The van der Waals surface area contributed by atoms with E-state index < -0.39 is 0 Å². The van der Waals surface area contributed by atoms with Crippen LogP contribution in [0.25, 0.3) is 0 Å². The van der Waals surface area contributed by atoms with Crippen LogP contribution in [0.15, 0.2) is 0 Å². The predicted octanol–water partition coefficient (Wildman–Crippen LogP) is 4.64. The Morgan fingerprint density at radius 1 is 1.15 bits per heavy atom. The van der Waals surface area contributed by atoms with Gasteiger partial charge in [0.25, 0.3) is 0 Å². The molecule has 0 aromatic heterocycles. The van der Waals surface area contributed by atoms with Crippen LogP contribution in [-0.4, -0.2) is 0 Å². The van der Waals surface area contributed by atoms with Crippen LogP contribution < -0.4 is 0 Å². The van der Waals surface area contributed by atoms with Gasteiger partial charge < -0.3 is 0 Å². The Bertz CT molecular complexity index is 146. The van der Waals surface area contributed by atoms with Crippen molar-refractivity contribution < 1.29 is 0 Å². The first kappa shape index (κ1) is 11.1. The van der Waals surface area contributed by atoms with Crippen molar-refractivity contribution in [2.75, 3.05) is 0 Å². The van der Waals surface area contributed by atoms with E-state index in [-0.39, 0.29) is 0 Å². The van der Waals surface area contributed by atoms with E-state index in [0.717, 1.165) is 11.8 Å². The monoisotopic (exact) mass is 182 g/mol. The molecule has 0 saturated heterocycles. The molecule has 0 nitrogen and oxygen atoms in total. The maximum Gasteiger partial charge on any atom is -0.0323 e. The average Bonchev–Trinajstić information content (AvgIpc) is 2.04. The van der Waals surface area contributed by atoms with Crippen LogP contribution in [0, 0.1) is 17.3 Å². The van der Waals surface area contributed by atoms with E-state index in [9.17, 15) is 0 Å². The Morgan fingerprint density at radius 2 is 1.77 bits per heavy atom. The minimum atomic E-state index is 0.592. The lowest BCUT2D eigenvalue weighted by atomic mass is 9.64. The highest BCUT2D eigenvalue weighted by molar-refractivity contribution is 4.84. The van der Waals surface area contributed by atoms with Gasteiger partial charge in [-0.25, -0.2) is 0 Å². The van der Waals surface area contributed by atoms with Crippen LogP contribution in [0.1, 0.15) is 66.2 Å². The Balaban J connectivity index is 2.56. The molecule has 0 bridgehead atoms. The van der Waals surface area contributed by atoms with E-state index in [0.29, 0.717) is 5.41 Å². The SMILES string of the molecule is CCCC(C)(C)C1CCCCC1C. The van der Waals surface area contributed by atoms with Gasteiger partial charge in [0.05, 0.1) is 0 Å². The zero-order valence-electron chi connectivity index (χ0n) is 9.90. The van der Waals surface area contributed by atoms with Crippen molar-refractivity contribution in [2.45, 2.75) is 66.2 Å². The Labute approximate surface area is 84.1 Å². The maximum atomic E-state index is 2.48. The van der Waals surface area contributed by atoms with Gasteiger partial charge in [-0.1, -0.05) is 53.4 Å². The number of rotatable bonds is 3. The summed E-state index contributed by atoms with van der Waals surface area (Å²) in [5.74, 6) is 1.96. The molecule has 1 rings (SSSR count). The third-order valence-corrected chi connectivity index (χ3v) is 4.01. The molecule has 1 fully saturated rings. The molecule has 0 N–H and O–H groups in total. The summed E-state index contributed by atoms with van der Waals surface area (Å²) >= 11 is 0. The molecule has 2 atom stereocenters. The summed E-state index contributed by atoms with van der Waals surface area (Å²) in [5.41, 5.74) is 0.592. The van der Waals surface area contributed by atoms with Crippen molar-refractivity contribution in [3.8, 4) is 0 Å². The molecular weight excluding hydrogens is 156 g/mol. The lowest BCUT2D eigenvalue weighted by molar-refractivity contribution is 0.0930. The summed E-state index contributed by atoms with van der Waals surface area (Å²) in [6.45, 7) is 9.72. The van der Waals surface area contributed by atoms with Gasteiger partial charge in [0, 0.05) is 0 Å². The fourth-order valence-electron chi connectivity index (χ4n) is 3.31. The highest BCUT2D eigenvalue weighted by Gasteiger charge is 2.33. The van der Waals surface area contributed by atoms with E-state index in [1.807, 2.05) is 0 Å². The van der Waals surface area contributed by atoms with Gasteiger partial charge in [-0.05, 0) is 30.1 Å². The van der Waals surface area contributed by atoms with Crippen LogP contribution in [0.2, 0.25) is 0 Å². The molecule has 1 saturated carbocycles.